The van der Waals surface area contributed by atoms with Gasteiger partial charge in [-0.15, -0.1) is 0 Å². The number of carbonyl (C=O) groups excluding carboxylic acids is 1. The van der Waals surface area contributed by atoms with E-state index >= 15 is 0 Å². The van der Waals surface area contributed by atoms with Crippen molar-refractivity contribution < 1.29 is 14.5 Å². The van der Waals surface area contributed by atoms with Gasteiger partial charge in [0, 0.05) is 11.8 Å². The summed E-state index contributed by atoms with van der Waals surface area (Å²) in [6.07, 6.45) is 0. The van der Waals surface area contributed by atoms with E-state index in [1.165, 1.54) is 25.3 Å². The zero-order chi connectivity index (χ0) is 15.4. The average molecular weight is 286 g/mol. The third kappa shape index (κ3) is 3.36. The van der Waals surface area contributed by atoms with Gasteiger partial charge in [0.05, 0.1) is 12.0 Å². The molecule has 2 rings (SSSR count). The first-order valence-electron chi connectivity index (χ1n) is 6.21. The van der Waals surface area contributed by atoms with Crippen LogP contribution in [-0.4, -0.2) is 17.9 Å². The second kappa shape index (κ2) is 6.04. The van der Waals surface area contributed by atoms with Crippen LogP contribution in [0, 0.1) is 17.0 Å². The number of nitro groups is 1. The van der Waals surface area contributed by atoms with Crippen LogP contribution in [0.4, 0.5) is 11.4 Å². The predicted octanol–water partition coefficient (Wildman–Crippen LogP) is 3.16. The molecule has 0 saturated carbocycles. The van der Waals surface area contributed by atoms with Crippen molar-refractivity contribution in [3.63, 3.8) is 0 Å². The molecule has 6 heteroatoms. The molecular weight excluding hydrogens is 272 g/mol. The maximum absolute atomic E-state index is 12.2. The van der Waals surface area contributed by atoms with Crippen LogP contribution in [0.1, 0.15) is 15.9 Å². The highest BCUT2D eigenvalue weighted by Crippen LogP contribution is 2.25. The second-order valence-corrected chi connectivity index (χ2v) is 4.46. The molecule has 2 aromatic carbocycles. The number of hydrogen-bond acceptors (Lipinski definition) is 4. The minimum Gasteiger partial charge on any atom is -0.497 e. The van der Waals surface area contributed by atoms with Gasteiger partial charge in [-0.1, -0.05) is 17.7 Å². The zero-order valence-corrected chi connectivity index (χ0v) is 11.6. The number of nitrogens with zero attached hydrogens (tertiary/aromatic N) is 1. The third-order valence-corrected chi connectivity index (χ3v) is 2.95. The van der Waals surface area contributed by atoms with E-state index in [0.29, 0.717) is 11.4 Å². The molecule has 0 fully saturated rings. The lowest BCUT2D eigenvalue weighted by Crippen LogP contribution is -2.14. The van der Waals surface area contributed by atoms with Gasteiger partial charge in [-0.3, -0.25) is 14.9 Å². The van der Waals surface area contributed by atoms with E-state index in [-0.39, 0.29) is 11.3 Å². The lowest BCUT2D eigenvalue weighted by molar-refractivity contribution is -0.385. The Labute approximate surface area is 121 Å². The average Bonchev–Trinajstić information content (AvgIpc) is 2.48. The molecule has 1 amide bonds. The molecule has 6 nitrogen and oxygen atoms in total. The zero-order valence-electron chi connectivity index (χ0n) is 11.6. The summed E-state index contributed by atoms with van der Waals surface area (Å²) in [7, 11) is 1.43. The first-order valence-corrected chi connectivity index (χ1v) is 6.21. The molecule has 0 heterocycles. The Hall–Kier alpha value is -2.89. The minimum absolute atomic E-state index is 0.0417. The number of nitro benzene ring substituents is 1. The van der Waals surface area contributed by atoms with Gasteiger partial charge in [-0.25, -0.2) is 0 Å². The molecule has 0 radical (unpaired) electrons. The summed E-state index contributed by atoms with van der Waals surface area (Å²) in [5.41, 5.74) is 1.32. The molecule has 0 atom stereocenters. The number of nitrogens with one attached hydrogen (secondary N) is 1. The predicted molar refractivity (Wildman–Crippen MR) is 78.8 cm³/mol. The van der Waals surface area contributed by atoms with E-state index in [4.69, 9.17) is 4.74 Å². The van der Waals surface area contributed by atoms with E-state index < -0.39 is 10.8 Å². The van der Waals surface area contributed by atoms with E-state index in [1.807, 2.05) is 19.1 Å². The summed E-state index contributed by atoms with van der Waals surface area (Å²) in [6.45, 7) is 1.93. The molecule has 0 aliphatic heterocycles. The van der Waals surface area contributed by atoms with E-state index in [9.17, 15) is 14.9 Å². The fourth-order valence-electron chi connectivity index (χ4n) is 1.82. The van der Waals surface area contributed by atoms with Crippen molar-refractivity contribution in [1.82, 2.24) is 0 Å². The number of anilines is 1. The number of hydrogen-bond donors (Lipinski definition) is 1. The number of aryl methyl sites for hydroxylation is 1. The molecule has 21 heavy (non-hydrogen) atoms. The second-order valence-electron chi connectivity index (χ2n) is 4.46. The molecule has 0 aliphatic rings. The Morgan fingerprint density at radius 1 is 1.19 bits per heavy atom. The highest BCUT2D eigenvalue weighted by molar-refractivity contribution is 6.07. The fourth-order valence-corrected chi connectivity index (χ4v) is 1.82. The van der Waals surface area contributed by atoms with Crippen LogP contribution in [0.3, 0.4) is 0 Å². The minimum atomic E-state index is -0.594. The lowest BCUT2D eigenvalue weighted by atomic mass is 10.1. The van der Waals surface area contributed by atoms with Crippen LogP contribution in [0.5, 0.6) is 5.75 Å². The molecule has 0 spiro atoms. The van der Waals surface area contributed by atoms with Crippen molar-refractivity contribution in [3.8, 4) is 5.75 Å². The van der Waals surface area contributed by atoms with Crippen LogP contribution in [-0.2, 0) is 0 Å². The van der Waals surface area contributed by atoms with Crippen molar-refractivity contribution in [1.29, 1.82) is 0 Å². The monoisotopic (exact) mass is 286 g/mol. The van der Waals surface area contributed by atoms with E-state index in [1.54, 1.807) is 12.1 Å². The number of carbonyl (C=O) groups is 1. The fraction of sp³-hybridized carbons (Fsp3) is 0.133. The van der Waals surface area contributed by atoms with Gasteiger partial charge in [0.1, 0.15) is 11.3 Å². The first kappa shape index (κ1) is 14.5. The summed E-state index contributed by atoms with van der Waals surface area (Å²) in [5, 5.41) is 13.6. The summed E-state index contributed by atoms with van der Waals surface area (Å²) in [6, 6.07) is 11.2. The summed E-state index contributed by atoms with van der Waals surface area (Å²) in [5.74, 6) is -0.167. The largest absolute Gasteiger partial charge is 0.497 e. The summed E-state index contributed by atoms with van der Waals surface area (Å²) >= 11 is 0. The quantitative estimate of drug-likeness (QED) is 0.691. The van der Waals surface area contributed by atoms with Gasteiger partial charge in [-0.2, -0.15) is 0 Å². The Morgan fingerprint density at radius 3 is 2.43 bits per heavy atom. The molecule has 0 aliphatic carbocycles. The Morgan fingerprint density at radius 2 is 1.86 bits per heavy atom. The summed E-state index contributed by atoms with van der Waals surface area (Å²) in [4.78, 5) is 22.6. The van der Waals surface area contributed by atoms with Crippen LogP contribution < -0.4 is 10.1 Å². The van der Waals surface area contributed by atoms with E-state index in [0.717, 1.165) is 5.56 Å². The molecule has 0 bridgehead atoms. The van der Waals surface area contributed by atoms with Crippen LogP contribution in [0.25, 0.3) is 0 Å². The third-order valence-electron chi connectivity index (χ3n) is 2.95. The molecular formula is C15H14N2O4. The highest BCUT2D eigenvalue weighted by Gasteiger charge is 2.21. The molecule has 0 aromatic heterocycles. The van der Waals surface area contributed by atoms with Crippen molar-refractivity contribution in [3.05, 3.63) is 63.7 Å². The number of rotatable bonds is 4. The molecule has 1 N–H and O–H groups in total. The Bertz CT molecular complexity index is 681. The lowest BCUT2D eigenvalue weighted by Gasteiger charge is -2.07. The Balaban J connectivity index is 2.33. The Kier molecular flexibility index (Phi) is 4.18. The maximum Gasteiger partial charge on any atom is 0.282 e. The summed E-state index contributed by atoms with van der Waals surface area (Å²) < 4.78 is 5.00. The van der Waals surface area contributed by atoms with Crippen molar-refractivity contribution >= 4 is 17.3 Å². The normalized spacial score (nSPS) is 10.0. The molecule has 0 saturated heterocycles. The number of benzene rings is 2. The molecule has 2 aromatic rings. The number of amides is 1. The first-order chi connectivity index (χ1) is 10.0. The number of methoxy groups -OCH3 is 1. The van der Waals surface area contributed by atoms with Gasteiger partial charge in [-0.05, 0) is 31.2 Å². The van der Waals surface area contributed by atoms with Crippen LogP contribution in [0.15, 0.2) is 42.5 Å². The van der Waals surface area contributed by atoms with Gasteiger partial charge in [0.15, 0.2) is 0 Å². The maximum atomic E-state index is 12.2. The molecule has 108 valence electrons. The van der Waals surface area contributed by atoms with Crippen molar-refractivity contribution in [2.45, 2.75) is 6.92 Å². The van der Waals surface area contributed by atoms with Gasteiger partial charge in [0.2, 0.25) is 0 Å². The van der Waals surface area contributed by atoms with E-state index in [2.05, 4.69) is 5.32 Å². The van der Waals surface area contributed by atoms with Gasteiger partial charge >= 0.3 is 0 Å². The van der Waals surface area contributed by atoms with Crippen LogP contribution >= 0.6 is 0 Å². The van der Waals surface area contributed by atoms with Gasteiger partial charge in [0.25, 0.3) is 11.6 Å². The van der Waals surface area contributed by atoms with Crippen molar-refractivity contribution in [2.75, 3.05) is 12.4 Å². The van der Waals surface area contributed by atoms with Gasteiger partial charge < -0.3 is 10.1 Å². The highest BCUT2D eigenvalue weighted by atomic mass is 16.6. The standard InChI is InChI=1S/C15H14N2O4/c1-10-3-5-11(6-4-10)16-15(18)13-9-12(21-2)7-8-14(13)17(19)20/h3-9H,1-2H3,(H,16,18). The molecule has 0 unspecified atom stereocenters. The smallest absolute Gasteiger partial charge is 0.282 e. The van der Waals surface area contributed by atoms with Crippen molar-refractivity contribution in [2.24, 2.45) is 0 Å². The number of ether oxygens (including phenoxy) is 1. The van der Waals surface area contributed by atoms with Crippen LogP contribution in [0.2, 0.25) is 0 Å². The topological polar surface area (TPSA) is 81.5 Å². The SMILES string of the molecule is COc1ccc([N+](=O)[O-])c(C(=O)Nc2ccc(C)cc2)c1.